The number of methoxy groups -OCH3 is 1. The van der Waals surface area contributed by atoms with Gasteiger partial charge in [0.2, 0.25) is 15.9 Å². The largest absolute Gasteiger partial charge is 0.495 e. The van der Waals surface area contributed by atoms with E-state index in [1.54, 1.807) is 36.4 Å². The molecular weight excluding hydrogens is 376 g/mol. The lowest BCUT2D eigenvalue weighted by molar-refractivity contribution is -0.116. The first kappa shape index (κ1) is 20.1. The standard InChI is InChI=1S/C18H21ClN2O4S/c1-12-6-5-7-15(10-12)21(26(4,23)24)13(2)18(22)20-14-8-9-17(25-3)16(19)11-14/h5-11,13H,1-4H3,(H,20,22). The summed E-state index contributed by atoms with van der Waals surface area (Å²) in [5.74, 6) is 0.00778. The van der Waals surface area contributed by atoms with Gasteiger partial charge in [-0.2, -0.15) is 0 Å². The minimum Gasteiger partial charge on any atom is -0.495 e. The van der Waals surface area contributed by atoms with Gasteiger partial charge in [-0.1, -0.05) is 23.7 Å². The van der Waals surface area contributed by atoms with Gasteiger partial charge >= 0.3 is 0 Å². The molecule has 1 unspecified atom stereocenters. The Bertz CT molecular complexity index is 915. The van der Waals surface area contributed by atoms with E-state index in [2.05, 4.69) is 5.32 Å². The number of sulfonamides is 1. The first-order valence-corrected chi connectivity index (χ1v) is 10.1. The minimum absolute atomic E-state index is 0.344. The van der Waals surface area contributed by atoms with Gasteiger partial charge in [-0.05, 0) is 49.7 Å². The van der Waals surface area contributed by atoms with Crippen molar-refractivity contribution in [2.75, 3.05) is 23.0 Å². The van der Waals surface area contributed by atoms with E-state index in [1.807, 2.05) is 13.0 Å². The zero-order chi connectivity index (χ0) is 19.5. The number of carbonyl (C=O) groups excluding carboxylic acids is 1. The highest BCUT2D eigenvalue weighted by Gasteiger charge is 2.29. The molecule has 0 spiro atoms. The average Bonchev–Trinajstić information content (AvgIpc) is 2.54. The molecule has 0 fully saturated rings. The summed E-state index contributed by atoms with van der Waals surface area (Å²) in [6.45, 7) is 3.39. The zero-order valence-corrected chi connectivity index (χ0v) is 16.6. The van der Waals surface area contributed by atoms with Gasteiger partial charge in [0.25, 0.3) is 0 Å². The monoisotopic (exact) mass is 396 g/mol. The summed E-state index contributed by atoms with van der Waals surface area (Å²) in [5.41, 5.74) is 1.78. The van der Waals surface area contributed by atoms with Crippen LogP contribution in [0.15, 0.2) is 42.5 Å². The Kier molecular flexibility index (Phi) is 6.15. The fraction of sp³-hybridized carbons (Fsp3) is 0.278. The molecule has 1 amide bonds. The molecule has 0 saturated heterocycles. The number of rotatable bonds is 6. The number of halogens is 1. The maximum Gasteiger partial charge on any atom is 0.247 e. The molecule has 0 radical (unpaired) electrons. The zero-order valence-electron chi connectivity index (χ0n) is 15.0. The second-order valence-electron chi connectivity index (χ2n) is 5.91. The van der Waals surface area contributed by atoms with Crippen molar-refractivity contribution in [1.82, 2.24) is 0 Å². The number of nitrogens with zero attached hydrogens (tertiary/aromatic N) is 1. The molecule has 2 rings (SSSR count). The van der Waals surface area contributed by atoms with Crippen LogP contribution < -0.4 is 14.4 Å². The molecule has 0 aliphatic rings. The number of carbonyl (C=O) groups is 1. The fourth-order valence-electron chi connectivity index (χ4n) is 2.56. The first-order valence-electron chi connectivity index (χ1n) is 7.84. The Morgan fingerprint density at radius 3 is 2.46 bits per heavy atom. The van der Waals surface area contributed by atoms with Crippen molar-refractivity contribution in [3.8, 4) is 5.75 Å². The summed E-state index contributed by atoms with van der Waals surface area (Å²) >= 11 is 6.06. The van der Waals surface area contributed by atoms with Crippen molar-refractivity contribution >= 4 is 38.9 Å². The predicted octanol–water partition coefficient (Wildman–Crippen LogP) is 3.45. The van der Waals surface area contributed by atoms with Crippen molar-refractivity contribution in [3.63, 3.8) is 0 Å². The van der Waals surface area contributed by atoms with E-state index in [0.29, 0.717) is 22.1 Å². The molecule has 2 aromatic rings. The van der Waals surface area contributed by atoms with Gasteiger partial charge in [-0.15, -0.1) is 0 Å². The third-order valence-corrected chi connectivity index (χ3v) is 5.30. The molecule has 0 saturated carbocycles. The topological polar surface area (TPSA) is 75.7 Å². The van der Waals surface area contributed by atoms with Crippen molar-refractivity contribution in [2.24, 2.45) is 0 Å². The van der Waals surface area contributed by atoms with Gasteiger partial charge < -0.3 is 10.1 Å². The van der Waals surface area contributed by atoms with Crippen LogP contribution in [0, 0.1) is 6.92 Å². The average molecular weight is 397 g/mol. The molecule has 0 aliphatic heterocycles. The molecule has 8 heteroatoms. The molecule has 140 valence electrons. The van der Waals surface area contributed by atoms with Gasteiger partial charge in [0, 0.05) is 5.69 Å². The summed E-state index contributed by atoms with van der Waals surface area (Å²) < 4.78 is 30.7. The molecule has 0 aromatic heterocycles. The number of aryl methyl sites for hydroxylation is 1. The van der Waals surface area contributed by atoms with E-state index >= 15 is 0 Å². The van der Waals surface area contributed by atoms with Crippen LogP contribution in [0.2, 0.25) is 5.02 Å². The molecule has 0 aliphatic carbocycles. The smallest absolute Gasteiger partial charge is 0.247 e. The Morgan fingerprint density at radius 1 is 1.23 bits per heavy atom. The normalized spacial score (nSPS) is 12.3. The Morgan fingerprint density at radius 2 is 1.92 bits per heavy atom. The van der Waals surface area contributed by atoms with Crippen molar-refractivity contribution in [3.05, 3.63) is 53.1 Å². The molecule has 0 heterocycles. The fourth-order valence-corrected chi connectivity index (χ4v) is 3.99. The highest BCUT2D eigenvalue weighted by molar-refractivity contribution is 7.92. The van der Waals surface area contributed by atoms with Crippen LogP contribution in [0.1, 0.15) is 12.5 Å². The summed E-state index contributed by atoms with van der Waals surface area (Å²) in [7, 11) is -2.17. The third-order valence-electron chi connectivity index (χ3n) is 3.76. The lowest BCUT2D eigenvalue weighted by Gasteiger charge is -2.28. The van der Waals surface area contributed by atoms with E-state index in [1.165, 1.54) is 14.0 Å². The van der Waals surface area contributed by atoms with Crippen LogP contribution in [-0.2, 0) is 14.8 Å². The van der Waals surface area contributed by atoms with Crippen LogP contribution >= 0.6 is 11.6 Å². The number of nitrogens with one attached hydrogen (secondary N) is 1. The third kappa shape index (κ3) is 4.68. The van der Waals surface area contributed by atoms with Crippen LogP contribution in [0.4, 0.5) is 11.4 Å². The highest BCUT2D eigenvalue weighted by atomic mass is 35.5. The summed E-state index contributed by atoms with van der Waals surface area (Å²) in [6, 6.07) is 10.8. The van der Waals surface area contributed by atoms with Crippen molar-refractivity contribution < 1.29 is 17.9 Å². The van der Waals surface area contributed by atoms with E-state index < -0.39 is 22.0 Å². The number of hydrogen-bond acceptors (Lipinski definition) is 4. The highest BCUT2D eigenvalue weighted by Crippen LogP contribution is 2.28. The van der Waals surface area contributed by atoms with Gasteiger partial charge in [-0.3, -0.25) is 9.10 Å². The molecule has 26 heavy (non-hydrogen) atoms. The first-order chi connectivity index (χ1) is 12.1. The number of amides is 1. The number of anilines is 2. The van der Waals surface area contributed by atoms with Gasteiger partial charge in [0.1, 0.15) is 11.8 Å². The minimum atomic E-state index is -3.66. The molecule has 6 nitrogen and oxygen atoms in total. The van der Waals surface area contributed by atoms with Gasteiger partial charge in [0.15, 0.2) is 0 Å². The quantitative estimate of drug-likeness (QED) is 0.811. The molecular formula is C18H21ClN2O4S. The van der Waals surface area contributed by atoms with Gasteiger partial charge in [-0.25, -0.2) is 8.42 Å². The molecule has 0 bridgehead atoms. The summed E-state index contributed by atoms with van der Waals surface area (Å²) in [5, 5.41) is 3.03. The van der Waals surface area contributed by atoms with Crippen LogP contribution in [0.3, 0.4) is 0 Å². The maximum absolute atomic E-state index is 12.6. The van der Waals surface area contributed by atoms with Crippen LogP contribution in [-0.4, -0.2) is 33.7 Å². The number of ether oxygens (including phenoxy) is 1. The Balaban J connectivity index is 2.29. The lowest BCUT2D eigenvalue weighted by atomic mass is 10.2. The molecule has 2 aromatic carbocycles. The number of hydrogen-bond donors (Lipinski definition) is 1. The van der Waals surface area contributed by atoms with E-state index in [0.717, 1.165) is 16.1 Å². The molecule has 1 N–H and O–H groups in total. The SMILES string of the molecule is COc1ccc(NC(=O)C(C)N(c2cccc(C)c2)S(C)(=O)=O)cc1Cl. The summed E-state index contributed by atoms with van der Waals surface area (Å²) in [4.78, 5) is 12.6. The summed E-state index contributed by atoms with van der Waals surface area (Å²) in [6.07, 6.45) is 1.07. The van der Waals surface area contributed by atoms with E-state index in [-0.39, 0.29) is 0 Å². The van der Waals surface area contributed by atoms with Crippen LogP contribution in [0.25, 0.3) is 0 Å². The van der Waals surface area contributed by atoms with Crippen molar-refractivity contribution in [1.29, 1.82) is 0 Å². The van der Waals surface area contributed by atoms with E-state index in [4.69, 9.17) is 16.3 Å². The van der Waals surface area contributed by atoms with Crippen molar-refractivity contribution in [2.45, 2.75) is 19.9 Å². The van der Waals surface area contributed by atoms with Crippen LogP contribution in [0.5, 0.6) is 5.75 Å². The second-order valence-corrected chi connectivity index (χ2v) is 8.18. The van der Waals surface area contributed by atoms with Gasteiger partial charge in [0.05, 0.1) is 24.1 Å². The van der Waals surface area contributed by atoms with E-state index in [9.17, 15) is 13.2 Å². The number of benzene rings is 2. The lowest BCUT2D eigenvalue weighted by Crippen LogP contribution is -2.45. The Hall–Kier alpha value is -2.25. The Labute approximate surface area is 158 Å². The maximum atomic E-state index is 12.6. The molecule has 1 atom stereocenters. The second kappa shape index (κ2) is 7.97. The predicted molar refractivity (Wildman–Crippen MR) is 105 cm³/mol.